The quantitative estimate of drug-likeness (QED) is 0.642. The summed E-state index contributed by atoms with van der Waals surface area (Å²) in [5, 5.41) is 2.74. The van der Waals surface area contributed by atoms with Crippen molar-refractivity contribution in [1.29, 1.82) is 0 Å². The van der Waals surface area contributed by atoms with E-state index in [2.05, 4.69) is 53.4 Å². The van der Waals surface area contributed by atoms with Crippen LogP contribution in [0.3, 0.4) is 0 Å². The molecule has 4 nitrogen and oxygen atoms in total. The van der Waals surface area contributed by atoms with E-state index in [4.69, 9.17) is 5.84 Å². The van der Waals surface area contributed by atoms with Crippen LogP contribution in [0.1, 0.15) is 13.8 Å². The summed E-state index contributed by atoms with van der Waals surface area (Å²) in [7, 11) is 0. The number of hydrogen-bond acceptors (Lipinski definition) is 5. The van der Waals surface area contributed by atoms with Gasteiger partial charge in [0.25, 0.3) is 0 Å². The van der Waals surface area contributed by atoms with Crippen molar-refractivity contribution in [3.05, 3.63) is 29.6 Å². The molecule has 0 bridgehead atoms. The summed E-state index contributed by atoms with van der Waals surface area (Å²) in [5.74, 6) is 5.33. The number of anilines is 2. The summed E-state index contributed by atoms with van der Waals surface area (Å²) in [6, 6.07) is 8.47. The Morgan fingerprint density at radius 1 is 1.22 bits per heavy atom. The summed E-state index contributed by atoms with van der Waals surface area (Å²) in [4.78, 5) is 6.70. The predicted molar refractivity (Wildman–Crippen MR) is 78.9 cm³/mol. The smallest absolute Gasteiger partial charge is 0.197 e. The highest BCUT2D eigenvalue weighted by molar-refractivity contribution is 7.14. The lowest BCUT2D eigenvalue weighted by molar-refractivity contribution is 0.866. The van der Waals surface area contributed by atoms with Gasteiger partial charge in [-0.2, -0.15) is 0 Å². The molecular weight excluding hydrogens is 244 g/mol. The number of nitrogen functional groups attached to an aromatic ring is 1. The third-order valence-electron chi connectivity index (χ3n) is 2.92. The molecule has 18 heavy (non-hydrogen) atoms. The third-order valence-corrected chi connectivity index (χ3v) is 3.69. The largest absolute Gasteiger partial charge is 0.372 e. The van der Waals surface area contributed by atoms with Crippen LogP contribution in [0.4, 0.5) is 10.8 Å². The average molecular weight is 262 g/mol. The molecule has 1 aromatic carbocycles. The van der Waals surface area contributed by atoms with Crippen molar-refractivity contribution < 1.29 is 0 Å². The molecule has 0 saturated heterocycles. The van der Waals surface area contributed by atoms with Crippen LogP contribution >= 0.6 is 11.3 Å². The molecule has 0 aliphatic carbocycles. The molecule has 0 fully saturated rings. The molecule has 0 atom stereocenters. The molecule has 5 heteroatoms. The van der Waals surface area contributed by atoms with Gasteiger partial charge in [-0.1, -0.05) is 12.1 Å². The number of nitrogens with one attached hydrogen (secondary N) is 1. The van der Waals surface area contributed by atoms with Crippen LogP contribution in [0.25, 0.3) is 11.3 Å². The van der Waals surface area contributed by atoms with Crippen molar-refractivity contribution in [2.75, 3.05) is 23.4 Å². The van der Waals surface area contributed by atoms with Crippen molar-refractivity contribution in [2.45, 2.75) is 13.8 Å². The Balaban J connectivity index is 2.21. The van der Waals surface area contributed by atoms with Gasteiger partial charge in [-0.15, -0.1) is 11.3 Å². The zero-order valence-corrected chi connectivity index (χ0v) is 11.5. The van der Waals surface area contributed by atoms with E-state index in [-0.39, 0.29) is 0 Å². The van der Waals surface area contributed by atoms with Crippen LogP contribution in [0.5, 0.6) is 0 Å². The number of rotatable bonds is 5. The van der Waals surface area contributed by atoms with Gasteiger partial charge >= 0.3 is 0 Å². The summed E-state index contributed by atoms with van der Waals surface area (Å²) in [6.45, 7) is 6.37. The van der Waals surface area contributed by atoms with Gasteiger partial charge in [0.05, 0.1) is 5.69 Å². The normalized spacial score (nSPS) is 10.4. The fraction of sp³-hybridized carbons (Fsp3) is 0.308. The monoisotopic (exact) mass is 262 g/mol. The summed E-state index contributed by atoms with van der Waals surface area (Å²) in [6.07, 6.45) is 0. The molecule has 0 unspecified atom stereocenters. The standard InChI is InChI=1S/C13H18N4S/c1-3-17(4-2)11-7-5-10(6-8-11)12-9-18-13(15-12)16-14/h5-9H,3-4,14H2,1-2H3,(H,15,16). The minimum atomic E-state index is 0.734. The molecule has 0 radical (unpaired) electrons. The second-order valence-electron chi connectivity index (χ2n) is 3.90. The number of hydrogen-bond donors (Lipinski definition) is 2. The molecule has 0 aliphatic rings. The van der Waals surface area contributed by atoms with Gasteiger partial charge in [-0.05, 0) is 26.0 Å². The Morgan fingerprint density at radius 3 is 2.39 bits per heavy atom. The molecule has 3 N–H and O–H groups in total. The van der Waals surface area contributed by atoms with Crippen LogP contribution < -0.4 is 16.2 Å². The Kier molecular flexibility index (Phi) is 4.17. The molecule has 0 aliphatic heterocycles. The summed E-state index contributed by atoms with van der Waals surface area (Å²) < 4.78 is 0. The van der Waals surface area contributed by atoms with Gasteiger partial charge in [-0.25, -0.2) is 10.8 Å². The van der Waals surface area contributed by atoms with E-state index in [9.17, 15) is 0 Å². The lowest BCUT2D eigenvalue weighted by Gasteiger charge is -2.20. The molecule has 2 rings (SSSR count). The highest BCUT2D eigenvalue weighted by atomic mass is 32.1. The maximum atomic E-state index is 5.33. The number of benzene rings is 1. The molecule has 1 heterocycles. The Hall–Kier alpha value is -1.59. The number of nitrogens with zero attached hydrogens (tertiary/aromatic N) is 2. The van der Waals surface area contributed by atoms with Crippen LogP contribution in [0, 0.1) is 0 Å². The molecule has 0 spiro atoms. The molecule has 96 valence electrons. The highest BCUT2D eigenvalue weighted by Crippen LogP contribution is 2.26. The van der Waals surface area contributed by atoms with Gasteiger partial charge < -0.3 is 4.90 Å². The molecule has 0 amide bonds. The summed E-state index contributed by atoms with van der Waals surface area (Å²) >= 11 is 1.51. The number of thiazole rings is 1. The van der Waals surface area contributed by atoms with Crippen LogP contribution in [-0.2, 0) is 0 Å². The van der Waals surface area contributed by atoms with Gasteiger partial charge in [0.15, 0.2) is 5.13 Å². The van der Waals surface area contributed by atoms with Gasteiger partial charge in [-0.3, -0.25) is 5.43 Å². The minimum Gasteiger partial charge on any atom is -0.372 e. The van der Waals surface area contributed by atoms with Crippen molar-refractivity contribution in [3.63, 3.8) is 0 Å². The first-order chi connectivity index (χ1) is 8.78. The molecule has 2 aromatic rings. The first-order valence-corrected chi connectivity index (χ1v) is 6.94. The zero-order chi connectivity index (χ0) is 13.0. The van der Waals surface area contributed by atoms with Gasteiger partial charge in [0, 0.05) is 29.7 Å². The first kappa shape index (κ1) is 12.9. The molecule has 1 aromatic heterocycles. The fourth-order valence-electron chi connectivity index (χ4n) is 1.90. The van der Waals surface area contributed by atoms with Crippen molar-refractivity contribution in [3.8, 4) is 11.3 Å². The highest BCUT2D eigenvalue weighted by Gasteiger charge is 2.05. The average Bonchev–Trinajstić information content (AvgIpc) is 2.90. The molecular formula is C13H18N4S. The second-order valence-corrected chi connectivity index (χ2v) is 4.76. The summed E-state index contributed by atoms with van der Waals surface area (Å²) in [5.41, 5.74) is 5.88. The van der Waals surface area contributed by atoms with E-state index in [0.29, 0.717) is 0 Å². The Labute approximate surface area is 111 Å². The maximum absolute atomic E-state index is 5.33. The topological polar surface area (TPSA) is 54.2 Å². The number of hydrazine groups is 1. The Bertz CT molecular complexity index is 488. The van der Waals surface area contributed by atoms with Crippen molar-refractivity contribution in [2.24, 2.45) is 5.84 Å². The van der Waals surface area contributed by atoms with E-state index >= 15 is 0 Å². The van der Waals surface area contributed by atoms with Gasteiger partial charge in [0.2, 0.25) is 0 Å². The lowest BCUT2D eigenvalue weighted by Crippen LogP contribution is -2.21. The number of nitrogens with two attached hydrogens (primary N) is 1. The van der Waals surface area contributed by atoms with Crippen LogP contribution in [0.15, 0.2) is 29.6 Å². The zero-order valence-electron chi connectivity index (χ0n) is 10.7. The van der Waals surface area contributed by atoms with E-state index in [1.807, 2.05) is 5.38 Å². The van der Waals surface area contributed by atoms with Crippen molar-refractivity contribution >= 4 is 22.2 Å². The van der Waals surface area contributed by atoms with E-state index < -0.39 is 0 Å². The predicted octanol–water partition coefficient (Wildman–Crippen LogP) is 2.94. The van der Waals surface area contributed by atoms with E-state index in [1.54, 1.807) is 0 Å². The minimum absolute atomic E-state index is 0.734. The maximum Gasteiger partial charge on any atom is 0.197 e. The van der Waals surface area contributed by atoms with Crippen molar-refractivity contribution in [1.82, 2.24) is 4.98 Å². The third kappa shape index (κ3) is 2.63. The van der Waals surface area contributed by atoms with Crippen LogP contribution in [-0.4, -0.2) is 18.1 Å². The number of aromatic nitrogens is 1. The fourth-order valence-corrected chi connectivity index (χ4v) is 2.54. The van der Waals surface area contributed by atoms with E-state index in [0.717, 1.165) is 29.5 Å². The van der Waals surface area contributed by atoms with E-state index in [1.165, 1.54) is 17.0 Å². The lowest BCUT2D eigenvalue weighted by atomic mass is 10.1. The van der Waals surface area contributed by atoms with Crippen LogP contribution in [0.2, 0.25) is 0 Å². The first-order valence-electron chi connectivity index (χ1n) is 6.06. The molecule has 0 saturated carbocycles. The second kappa shape index (κ2) is 5.84. The Morgan fingerprint density at radius 2 is 1.89 bits per heavy atom. The van der Waals surface area contributed by atoms with Gasteiger partial charge in [0.1, 0.15) is 0 Å². The SMILES string of the molecule is CCN(CC)c1ccc(-c2csc(NN)n2)cc1.